The molecule has 0 amide bonds. The van der Waals surface area contributed by atoms with Crippen LogP contribution >= 0.6 is 11.6 Å². The minimum atomic E-state index is -0.761. The summed E-state index contributed by atoms with van der Waals surface area (Å²) in [6.07, 6.45) is 6.11. The number of halogens is 3. The van der Waals surface area contributed by atoms with Crippen molar-refractivity contribution in [2.45, 2.75) is 38.5 Å². The van der Waals surface area contributed by atoms with Gasteiger partial charge in [-0.3, -0.25) is 0 Å². The fourth-order valence-corrected chi connectivity index (χ4v) is 3.11. The molecule has 94 valence electrons. The number of hydrogen-bond acceptors (Lipinski definition) is 0. The third kappa shape index (κ3) is 2.79. The van der Waals surface area contributed by atoms with Crippen molar-refractivity contribution in [3.8, 4) is 0 Å². The molecule has 0 radical (unpaired) electrons. The van der Waals surface area contributed by atoms with Gasteiger partial charge in [-0.05, 0) is 36.3 Å². The summed E-state index contributed by atoms with van der Waals surface area (Å²) >= 11 is 6.06. The largest absolute Gasteiger partial charge is 0.204 e. The van der Waals surface area contributed by atoms with E-state index in [2.05, 4.69) is 0 Å². The Balaban J connectivity index is 2.20. The molecule has 0 saturated heterocycles. The molecule has 0 atom stereocenters. The Bertz CT molecular complexity index is 384. The first-order valence-electron chi connectivity index (χ1n) is 6.16. The molecule has 1 aromatic carbocycles. The molecule has 1 aromatic rings. The van der Waals surface area contributed by atoms with E-state index in [4.69, 9.17) is 11.6 Å². The molecule has 0 N–H and O–H groups in total. The van der Waals surface area contributed by atoms with Crippen LogP contribution in [0.15, 0.2) is 18.2 Å². The molecule has 3 heteroatoms. The van der Waals surface area contributed by atoms with E-state index < -0.39 is 11.6 Å². The van der Waals surface area contributed by atoms with Gasteiger partial charge in [0.25, 0.3) is 0 Å². The maximum Gasteiger partial charge on any atom is 0.162 e. The van der Waals surface area contributed by atoms with Crippen LogP contribution in [0.4, 0.5) is 8.78 Å². The Morgan fingerprint density at radius 2 is 1.82 bits per heavy atom. The van der Waals surface area contributed by atoms with Gasteiger partial charge in [0.15, 0.2) is 11.6 Å². The Kier molecular flexibility index (Phi) is 4.03. The van der Waals surface area contributed by atoms with Crippen molar-refractivity contribution in [1.82, 2.24) is 0 Å². The van der Waals surface area contributed by atoms with E-state index in [9.17, 15) is 8.78 Å². The van der Waals surface area contributed by atoms with Crippen molar-refractivity contribution in [3.05, 3.63) is 35.4 Å². The first-order valence-corrected chi connectivity index (χ1v) is 6.69. The number of hydrogen-bond donors (Lipinski definition) is 0. The number of benzene rings is 1. The van der Waals surface area contributed by atoms with Crippen LogP contribution in [0.3, 0.4) is 0 Å². The van der Waals surface area contributed by atoms with Gasteiger partial charge in [0.1, 0.15) is 0 Å². The first kappa shape index (κ1) is 12.8. The van der Waals surface area contributed by atoms with E-state index >= 15 is 0 Å². The number of alkyl halides is 1. The van der Waals surface area contributed by atoms with Gasteiger partial charge in [0, 0.05) is 5.88 Å². The van der Waals surface area contributed by atoms with Crippen molar-refractivity contribution in [2.75, 3.05) is 5.88 Å². The summed E-state index contributed by atoms with van der Waals surface area (Å²) in [7, 11) is 0. The van der Waals surface area contributed by atoms with Crippen LogP contribution in [-0.2, 0) is 6.42 Å². The molecule has 2 rings (SSSR count). The van der Waals surface area contributed by atoms with Crippen molar-refractivity contribution < 1.29 is 8.78 Å². The molecule has 1 saturated carbocycles. The van der Waals surface area contributed by atoms with Crippen molar-refractivity contribution in [3.63, 3.8) is 0 Å². The molecule has 0 aromatic heterocycles. The normalized spacial score (nSPS) is 19.2. The highest BCUT2D eigenvalue weighted by Crippen LogP contribution is 2.40. The predicted molar refractivity (Wildman–Crippen MR) is 66.3 cm³/mol. The molecule has 1 fully saturated rings. The summed E-state index contributed by atoms with van der Waals surface area (Å²) in [5.41, 5.74) is 0.432. The molecule has 0 unspecified atom stereocenters. The fourth-order valence-electron chi connectivity index (χ4n) is 2.75. The molecule has 1 aliphatic rings. The van der Waals surface area contributed by atoms with E-state index in [1.165, 1.54) is 6.42 Å². The Hall–Kier alpha value is -0.630. The van der Waals surface area contributed by atoms with Crippen molar-refractivity contribution >= 4 is 11.6 Å². The zero-order valence-corrected chi connectivity index (χ0v) is 10.6. The lowest BCUT2D eigenvalue weighted by Gasteiger charge is -2.35. The zero-order chi connectivity index (χ0) is 12.3. The molecule has 0 bridgehead atoms. The van der Waals surface area contributed by atoms with Crippen LogP contribution in [-0.4, -0.2) is 5.88 Å². The molecule has 0 aliphatic heterocycles. The molecular weight excluding hydrogens is 242 g/mol. The Morgan fingerprint density at radius 1 is 1.12 bits per heavy atom. The third-order valence-corrected chi connectivity index (χ3v) is 4.36. The third-order valence-electron chi connectivity index (χ3n) is 3.79. The molecule has 1 aliphatic carbocycles. The lowest BCUT2D eigenvalue weighted by molar-refractivity contribution is 0.217. The summed E-state index contributed by atoms with van der Waals surface area (Å²) in [4.78, 5) is 0. The number of rotatable bonds is 3. The second-order valence-electron chi connectivity index (χ2n) is 5.08. The van der Waals surface area contributed by atoms with Gasteiger partial charge >= 0.3 is 0 Å². The Morgan fingerprint density at radius 3 is 2.47 bits per heavy atom. The van der Waals surface area contributed by atoms with E-state index in [0.29, 0.717) is 17.9 Å². The highest BCUT2D eigenvalue weighted by molar-refractivity contribution is 6.18. The van der Waals surface area contributed by atoms with Gasteiger partial charge in [0.05, 0.1) is 0 Å². The van der Waals surface area contributed by atoms with E-state index in [-0.39, 0.29) is 5.41 Å². The maximum atomic E-state index is 13.6. The van der Waals surface area contributed by atoms with Crippen LogP contribution in [0.5, 0.6) is 0 Å². The summed E-state index contributed by atoms with van der Waals surface area (Å²) in [5.74, 6) is -0.936. The van der Waals surface area contributed by atoms with Crippen LogP contribution < -0.4 is 0 Å². The first-order chi connectivity index (χ1) is 8.17. The Labute approximate surface area is 106 Å². The second-order valence-corrected chi connectivity index (χ2v) is 5.35. The highest BCUT2D eigenvalue weighted by atomic mass is 35.5. The minimum Gasteiger partial charge on any atom is -0.204 e. The van der Waals surface area contributed by atoms with E-state index in [1.807, 2.05) is 0 Å². The van der Waals surface area contributed by atoms with Crippen LogP contribution in [0, 0.1) is 17.0 Å². The quantitative estimate of drug-likeness (QED) is 0.690. The topological polar surface area (TPSA) is 0 Å². The summed E-state index contributed by atoms with van der Waals surface area (Å²) in [6.45, 7) is 0. The van der Waals surface area contributed by atoms with Gasteiger partial charge in [0.2, 0.25) is 0 Å². The minimum absolute atomic E-state index is 0.0333. The second kappa shape index (κ2) is 5.34. The SMILES string of the molecule is Fc1cccc(CC2(CCl)CCCCC2)c1F. The van der Waals surface area contributed by atoms with Crippen LogP contribution in [0.25, 0.3) is 0 Å². The van der Waals surface area contributed by atoms with Gasteiger partial charge in [-0.2, -0.15) is 0 Å². The molecule has 0 heterocycles. The molecular formula is C14H17ClF2. The van der Waals surface area contributed by atoms with Crippen LogP contribution in [0.1, 0.15) is 37.7 Å². The van der Waals surface area contributed by atoms with Crippen molar-refractivity contribution in [1.29, 1.82) is 0 Å². The van der Waals surface area contributed by atoms with Crippen molar-refractivity contribution in [2.24, 2.45) is 5.41 Å². The van der Waals surface area contributed by atoms with Gasteiger partial charge < -0.3 is 0 Å². The average molecular weight is 259 g/mol. The van der Waals surface area contributed by atoms with E-state index in [0.717, 1.165) is 31.7 Å². The standard InChI is InChI=1S/C14H17ClF2/c15-10-14(7-2-1-3-8-14)9-11-5-4-6-12(16)13(11)17/h4-6H,1-3,7-10H2. The summed E-state index contributed by atoms with van der Waals surface area (Å²) in [6, 6.07) is 4.40. The van der Waals surface area contributed by atoms with Crippen LogP contribution in [0.2, 0.25) is 0 Å². The van der Waals surface area contributed by atoms with Gasteiger partial charge in [-0.15, -0.1) is 11.6 Å². The highest BCUT2D eigenvalue weighted by Gasteiger charge is 2.32. The summed E-state index contributed by atoms with van der Waals surface area (Å²) < 4.78 is 26.8. The zero-order valence-electron chi connectivity index (χ0n) is 9.82. The monoisotopic (exact) mass is 258 g/mol. The smallest absolute Gasteiger partial charge is 0.162 e. The van der Waals surface area contributed by atoms with E-state index in [1.54, 1.807) is 12.1 Å². The van der Waals surface area contributed by atoms with Gasteiger partial charge in [-0.1, -0.05) is 31.4 Å². The molecule has 0 nitrogen and oxygen atoms in total. The average Bonchev–Trinajstić information content (AvgIpc) is 2.36. The molecule has 17 heavy (non-hydrogen) atoms. The lowest BCUT2D eigenvalue weighted by atomic mass is 9.72. The predicted octanol–water partition coefficient (Wildman–Crippen LogP) is 4.70. The maximum absolute atomic E-state index is 13.6. The fraction of sp³-hybridized carbons (Fsp3) is 0.571. The summed E-state index contributed by atoms with van der Waals surface area (Å²) in [5, 5.41) is 0. The van der Waals surface area contributed by atoms with Gasteiger partial charge in [-0.25, -0.2) is 8.78 Å². The molecule has 0 spiro atoms. The lowest BCUT2D eigenvalue weighted by Crippen LogP contribution is -2.29.